The molecule has 24 heavy (non-hydrogen) atoms. The zero-order valence-electron chi connectivity index (χ0n) is 14.1. The molecule has 2 atom stereocenters. The van der Waals surface area contributed by atoms with Crippen molar-refractivity contribution in [2.75, 3.05) is 25.6 Å². The zero-order valence-corrected chi connectivity index (χ0v) is 14.1. The Morgan fingerprint density at radius 3 is 3.12 bits per heavy atom. The third kappa shape index (κ3) is 4.00. The standard InChI is InChI=1S/C16H23N5O3/c1-11-9-12(7-8-24-11)10-17-13-3-4-14-18-19-15(21(14)20-13)5-6-16(22)23-2/h3-4,11-12H,5-10H2,1-2H3,(H,17,20). The number of methoxy groups -OCH3 is 1. The molecule has 0 radical (unpaired) electrons. The lowest BCUT2D eigenvalue weighted by molar-refractivity contribution is -0.140. The van der Waals surface area contributed by atoms with Crippen LogP contribution in [0.3, 0.4) is 0 Å². The minimum atomic E-state index is -0.269. The Hall–Kier alpha value is -2.22. The van der Waals surface area contributed by atoms with Gasteiger partial charge in [0.15, 0.2) is 11.5 Å². The number of fused-ring (bicyclic) bond motifs is 1. The number of nitrogens with zero attached hydrogens (tertiary/aromatic N) is 4. The van der Waals surface area contributed by atoms with Crippen LogP contribution >= 0.6 is 0 Å². The van der Waals surface area contributed by atoms with E-state index in [0.29, 0.717) is 29.9 Å². The quantitative estimate of drug-likeness (QED) is 0.800. The predicted octanol–water partition coefficient (Wildman–Crippen LogP) is 1.46. The van der Waals surface area contributed by atoms with E-state index >= 15 is 0 Å². The highest BCUT2D eigenvalue weighted by atomic mass is 16.5. The molecule has 0 spiro atoms. The van der Waals surface area contributed by atoms with Gasteiger partial charge >= 0.3 is 5.97 Å². The molecule has 130 valence electrons. The molecule has 1 N–H and O–H groups in total. The molecule has 1 aliphatic heterocycles. The molecule has 3 heterocycles. The summed E-state index contributed by atoms with van der Waals surface area (Å²) in [6, 6.07) is 3.77. The number of aromatic nitrogens is 4. The number of hydrogen-bond acceptors (Lipinski definition) is 7. The molecule has 1 saturated heterocycles. The monoisotopic (exact) mass is 333 g/mol. The Kier molecular flexibility index (Phi) is 5.24. The van der Waals surface area contributed by atoms with Gasteiger partial charge < -0.3 is 14.8 Å². The van der Waals surface area contributed by atoms with Crippen LogP contribution in [0, 0.1) is 5.92 Å². The van der Waals surface area contributed by atoms with E-state index in [1.165, 1.54) is 7.11 Å². The average molecular weight is 333 g/mol. The molecule has 1 aliphatic rings. The number of hydrogen-bond donors (Lipinski definition) is 1. The molecule has 8 heteroatoms. The number of rotatable bonds is 6. The van der Waals surface area contributed by atoms with Gasteiger partial charge in [0.05, 0.1) is 19.6 Å². The number of esters is 1. The van der Waals surface area contributed by atoms with Gasteiger partial charge in [0.2, 0.25) is 0 Å². The number of ether oxygens (including phenoxy) is 2. The van der Waals surface area contributed by atoms with Gasteiger partial charge in [0.25, 0.3) is 0 Å². The van der Waals surface area contributed by atoms with Crippen molar-refractivity contribution in [3.8, 4) is 0 Å². The fourth-order valence-electron chi connectivity index (χ4n) is 2.92. The normalized spacial score (nSPS) is 20.9. The van der Waals surface area contributed by atoms with Crippen LogP contribution in [0.25, 0.3) is 5.65 Å². The van der Waals surface area contributed by atoms with Crippen LogP contribution < -0.4 is 5.32 Å². The molecule has 0 amide bonds. The first-order valence-electron chi connectivity index (χ1n) is 8.29. The maximum atomic E-state index is 11.3. The van der Waals surface area contributed by atoms with Crippen LogP contribution in [0.1, 0.15) is 32.0 Å². The van der Waals surface area contributed by atoms with E-state index in [2.05, 4.69) is 32.3 Å². The van der Waals surface area contributed by atoms with Crippen molar-refractivity contribution in [2.24, 2.45) is 5.92 Å². The molecule has 1 fully saturated rings. The Morgan fingerprint density at radius 1 is 1.46 bits per heavy atom. The van der Waals surface area contributed by atoms with E-state index in [1.54, 1.807) is 4.52 Å². The number of anilines is 1. The summed E-state index contributed by atoms with van der Waals surface area (Å²) in [7, 11) is 1.38. The van der Waals surface area contributed by atoms with Crippen LogP contribution in [0.2, 0.25) is 0 Å². The molecule has 3 rings (SSSR count). The summed E-state index contributed by atoms with van der Waals surface area (Å²) in [6.45, 7) is 3.80. The van der Waals surface area contributed by atoms with Crippen LogP contribution in [0.15, 0.2) is 12.1 Å². The minimum Gasteiger partial charge on any atom is -0.469 e. The molecule has 0 bridgehead atoms. The third-order valence-electron chi connectivity index (χ3n) is 4.27. The second-order valence-corrected chi connectivity index (χ2v) is 6.13. The van der Waals surface area contributed by atoms with Crippen LogP contribution in [0.5, 0.6) is 0 Å². The molecule has 2 aromatic heterocycles. The summed E-state index contributed by atoms with van der Waals surface area (Å²) in [4.78, 5) is 11.3. The van der Waals surface area contributed by atoms with Crippen molar-refractivity contribution in [3.63, 3.8) is 0 Å². The predicted molar refractivity (Wildman–Crippen MR) is 87.7 cm³/mol. The van der Waals surface area contributed by atoms with E-state index in [4.69, 9.17) is 4.74 Å². The third-order valence-corrected chi connectivity index (χ3v) is 4.27. The molecule has 0 saturated carbocycles. The smallest absolute Gasteiger partial charge is 0.305 e. The maximum Gasteiger partial charge on any atom is 0.305 e. The lowest BCUT2D eigenvalue weighted by Gasteiger charge is -2.27. The fourth-order valence-corrected chi connectivity index (χ4v) is 2.92. The molecule has 0 aromatic carbocycles. The highest BCUT2D eigenvalue weighted by Gasteiger charge is 2.19. The van der Waals surface area contributed by atoms with Crippen molar-refractivity contribution in [1.29, 1.82) is 0 Å². The molecule has 0 aliphatic carbocycles. The SMILES string of the molecule is COC(=O)CCc1nnc2ccc(NCC3CCOC(C)C3)nn12. The lowest BCUT2D eigenvalue weighted by atomic mass is 9.96. The summed E-state index contributed by atoms with van der Waals surface area (Å²) >= 11 is 0. The van der Waals surface area contributed by atoms with Crippen LogP contribution in [0.4, 0.5) is 5.82 Å². The second-order valence-electron chi connectivity index (χ2n) is 6.13. The Bertz CT molecular complexity index is 702. The van der Waals surface area contributed by atoms with Gasteiger partial charge in [-0.3, -0.25) is 4.79 Å². The van der Waals surface area contributed by atoms with Crippen LogP contribution in [-0.2, 0) is 20.7 Å². The molecule has 8 nitrogen and oxygen atoms in total. The highest BCUT2D eigenvalue weighted by molar-refractivity contribution is 5.69. The van der Waals surface area contributed by atoms with E-state index in [9.17, 15) is 4.79 Å². The number of carbonyl (C=O) groups is 1. The fraction of sp³-hybridized carbons (Fsp3) is 0.625. The Balaban J connectivity index is 1.64. The summed E-state index contributed by atoms with van der Waals surface area (Å²) in [5.74, 6) is 1.75. The molecule has 2 aromatic rings. The molecular weight excluding hydrogens is 310 g/mol. The van der Waals surface area contributed by atoms with Gasteiger partial charge in [0.1, 0.15) is 5.82 Å². The number of nitrogens with one attached hydrogen (secondary N) is 1. The van der Waals surface area contributed by atoms with Gasteiger partial charge in [-0.2, -0.15) is 4.52 Å². The lowest BCUT2D eigenvalue weighted by Crippen LogP contribution is -2.28. The largest absolute Gasteiger partial charge is 0.469 e. The first kappa shape index (κ1) is 16.6. The van der Waals surface area contributed by atoms with E-state index in [1.807, 2.05) is 12.1 Å². The Morgan fingerprint density at radius 2 is 2.33 bits per heavy atom. The van der Waals surface area contributed by atoms with Gasteiger partial charge in [-0.15, -0.1) is 15.3 Å². The first-order valence-corrected chi connectivity index (χ1v) is 8.29. The summed E-state index contributed by atoms with van der Waals surface area (Å²) in [5, 5.41) is 16.1. The summed E-state index contributed by atoms with van der Waals surface area (Å²) in [6.07, 6.45) is 3.16. The second kappa shape index (κ2) is 7.57. The van der Waals surface area contributed by atoms with Crippen molar-refractivity contribution >= 4 is 17.4 Å². The summed E-state index contributed by atoms with van der Waals surface area (Å²) < 4.78 is 11.9. The van der Waals surface area contributed by atoms with Crippen molar-refractivity contribution in [3.05, 3.63) is 18.0 Å². The zero-order chi connectivity index (χ0) is 16.9. The topological polar surface area (TPSA) is 90.6 Å². The molecule has 2 unspecified atom stereocenters. The van der Waals surface area contributed by atoms with E-state index < -0.39 is 0 Å². The molecular formula is C16H23N5O3. The number of carbonyl (C=O) groups excluding carboxylic acids is 1. The van der Waals surface area contributed by atoms with Gasteiger partial charge in [-0.25, -0.2) is 0 Å². The average Bonchev–Trinajstić information content (AvgIpc) is 3.00. The minimum absolute atomic E-state index is 0.261. The Labute approximate surface area is 140 Å². The van der Waals surface area contributed by atoms with Crippen LogP contribution in [-0.4, -0.2) is 52.1 Å². The first-order chi connectivity index (χ1) is 11.7. The van der Waals surface area contributed by atoms with Gasteiger partial charge in [-0.1, -0.05) is 0 Å². The van der Waals surface area contributed by atoms with Crippen molar-refractivity contribution < 1.29 is 14.3 Å². The number of aryl methyl sites for hydroxylation is 1. The maximum absolute atomic E-state index is 11.3. The van der Waals surface area contributed by atoms with Crippen molar-refractivity contribution in [2.45, 2.75) is 38.7 Å². The highest BCUT2D eigenvalue weighted by Crippen LogP contribution is 2.20. The van der Waals surface area contributed by atoms with Gasteiger partial charge in [-0.05, 0) is 37.8 Å². The van der Waals surface area contributed by atoms with Crippen molar-refractivity contribution in [1.82, 2.24) is 19.8 Å². The summed E-state index contributed by atoms with van der Waals surface area (Å²) in [5.41, 5.74) is 0.667. The van der Waals surface area contributed by atoms with E-state index in [-0.39, 0.29) is 12.4 Å². The van der Waals surface area contributed by atoms with E-state index in [0.717, 1.165) is 31.8 Å². The van der Waals surface area contributed by atoms with Gasteiger partial charge in [0, 0.05) is 19.6 Å².